The van der Waals surface area contributed by atoms with Gasteiger partial charge in [0.25, 0.3) is 0 Å². The molecular formula is C21H22ClN3O4. The van der Waals surface area contributed by atoms with Gasteiger partial charge in [-0.15, -0.1) is 0 Å². The predicted molar refractivity (Wildman–Crippen MR) is 111 cm³/mol. The van der Waals surface area contributed by atoms with Gasteiger partial charge < -0.3 is 25.4 Å². The molecule has 0 radical (unpaired) electrons. The largest absolute Gasteiger partial charge is 0.486 e. The molecule has 8 heteroatoms. The van der Waals surface area contributed by atoms with Crippen molar-refractivity contribution in [3.63, 3.8) is 0 Å². The van der Waals surface area contributed by atoms with E-state index in [1.54, 1.807) is 24.3 Å². The van der Waals surface area contributed by atoms with Gasteiger partial charge in [0.2, 0.25) is 11.8 Å². The van der Waals surface area contributed by atoms with E-state index in [0.717, 1.165) is 31.6 Å². The van der Waals surface area contributed by atoms with Crippen LogP contribution in [0.1, 0.15) is 28.8 Å². The zero-order valence-electron chi connectivity index (χ0n) is 15.9. The second-order valence-corrected chi connectivity index (χ2v) is 7.52. The minimum absolute atomic E-state index is 0.108. The van der Waals surface area contributed by atoms with Crippen molar-refractivity contribution in [1.29, 1.82) is 0 Å². The molecule has 0 bridgehead atoms. The zero-order valence-corrected chi connectivity index (χ0v) is 16.6. The number of ether oxygens (including phenoxy) is 2. The number of halogens is 1. The van der Waals surface area contributed by atoms with Gasteiger partial charge in [-0.05, 0) is 48.7 Å². The molecule has 0 atom stereocenters. The molecule has 2 heterocycles. The number of hydrogen-bond donors (Lipinski definition) is 2. The summed E-state index contributed by atoms with van der Waals surface area (Å²) in [7, 11) is 0. The lowest BCUT2D eigenvalue weighted by atomic mass is 10.1. The number of amides is 2. The molecule has 0 unspecified atom stereocenters. The summed E-state index contributed by atoms with van der Waals surface area (Å²) in [6.45, 7) is 2.72. The molecule has 7 nitrogen and oxygen atoms in total. The topological polar surface area (TPSA) is 93.9 Å². The Morgan fingerprint density at radius 2 is 1.86 bits per heavy atom. The maximum absolute atomic E-state index is 12.7. The average molecular weight is 416 g/mol. The molecule has 0 saturated carbocycles. The van der Waals surface area contributed by atoms with Crippen LogP contribution < -0.4 is 25.4 Å². The summed E-state index contributed by atoms with van der Waals surface area (Å²) in [5, 5.41) is 3.34. The maximum atomic E-state index is 12.7. The molecule has 2 amide bonds. The molecule has 1 fully saturated rings. The van der Waals surface area contributed by atoms with Crippen LogP contribution in [0, 0.1) is 0 Å². The van der Waals surface area contributed by atoms with Crippen molar-refractivity contribution < 1.29 is 19.1 Å². The fraction of sp³-hybridized carbons (Fsp3) is 0.333. The standard InChI is InChI=1S/C21H22ClN3O4/c22-15-9-13(10-18-20(15)29-8-7-28-18)11-19(26)24-16-12-14(21(23)27)3-4-17(16)25-5-1-2-6-25/h3-4,9-10,12H,1-2,5-8,11H2,(H2,23,27)(H,24,26). The monoisotopic (exact) mass is 415 g/mol. The highest BCUT2D eigenvalue weighted by Crippen LogP contribution is 2.38. The summed E-state index contributed by atoms with van der Waals surface area (Å²) < 4.78 is 11.1. The van der Waals surface area contributed by atoms with Gasteiger partial charge in [0.05, 0.1) is 22.8 Å². The number of carbonyl (C=O) groups excluding carboxylic acids is 2. The number of nitrogens with one attached hydrogen (secondary N) is 1. The molecule has 152 valence electrons. The molecule has 29 heavy (non-hydrogen) atoms. The van der Waals surface area contributed by atoms with E-state index in [0.29, 0.717) is 46.5 Å². The van der Waals surface area contributed by atoms with Crippen LogP contribution in [0.25, 0.3) is 0 Å². The highest BCUT2D eigenvalue weighted by molar-refractivity contribution is 6.32. The van der Waals surface area contributed by atoms with E-state index >= 15 is 0 Å². The molecule has 0 spiro atoms. The second-order valence-electron chi connectivity index (χ2n) is 7.12. The number of nitrogens with two attached hydrogens (primary N) is 1. The average Bonchev–Trinajstić information content (AvgIpc) is 3.22. The van der Waals surface area contributed by atoms with Crippen molar-refractivity contribution in [2.45, 2.75) is 19.3 Å². The third-order valence-electron chi connectivity index (χ3n) is 5.02. The summed E-state index contributed by atoms with van der Waals surface area (Å²) in [4.78, 5) is 26.5. The van der Waals surface area contributed by atoms with E-state index < -0.39 is 5.91 Å². The number of primary amides is 1. The molecule has 0 aromatic heterocycles. The minimum atomic E-state index is -0.535. The summed E-state index contributed by atoms with van der Waals surface area (Å²) in [6, 6.07) is 8.62. The lowest BCUT2D eigenvalue weighted by Crippen LogP contribution is -2.23. The Morgan fingerprint density at radius 3 is 2.62 bits per heavy atom. The van der Waals surface area contributed by atoms with E-state index in [4.69, 9.17) is 26.8 Å². The number of hydrogen-bond acceptors (Lipinski definition) is 5. The molecule has 3 N–H and O–H groups in total. The number of nitrogens with zero attached hydrogens (tertiary/aromatic N) is 1. The van der Waals surface area contributed by atoms with E-state index in [1.165, 1.54) is 0 Å². The lowest BCUT2D eigenvalue weighted by Gasteiger charge is -2.22. The van der Waals surface area contributed by atoms with Crippen LogP contribution >= 0.6 is 11.6 Å². The van der Waals surface area contributed by atoms with Gasteiger partial charge in [-0.2, -0.15) is 0 Å². The summed E-state index contributed by atoms with van der Waals surface area (Å²) in [5.41, 5.74) is 7.95. The fourth-order valence-corrected chi connectivity index (χ4v) is 3.96. The quantitative estimate of drug-likeness (QED) is 0.782. The minimum Gasteiger partial charge on any atom is -0.486 e. The molecule has 2 aromatic rings. The van der Waals surface area contributed by atoms with Gasteiger partial charge in [-0.25, -0.2) is 0 Å². The van der Waals surface area contributed by atoms with Crippen molar-refractivity contribution in [3.05, 3.63) is 46.5 Å². The normalized spacial score (nSPS) is 15.3. The van der Waals surface area contributed by atoms with Crippen LogP contribution in [-0.4, -0.2) is 38.1 Å². The Morgan fingerprint density at radius 1 is 1.10 bits per heavy atom. The van der Waals surface area contributed by atoms with Crippen molar-refractivity contribution in [2.24, 2.45) is 5.73 Å². The van der Waals surface area contributed by atoms with Gasteiger partial charge in [-0.3, -0.25) is 9.59 Å². The smallest absolute Gasteiger partial charge is 0.248 e. The van der Waals surface area contributed by atoms with E-state index in [2.05, 4.69) is 10.2 Å². The number of anilines is 2. The predicted octanol–water partition coefficient (Wildman–Crippen LogP) is 2.99. The van der Waals surface area contributed by atoms with Crippen LogP contribution in [0.5, 0.6) is 11.5 Å². The van der Waals surface area contributed by atoms with Crippen LogP contribution in [-0.2, 0) is 11.2 Å². The third-order valence-corrected chi connectivity index (χ3v) is 5.30. The first kappa shape index (κ1) is 19.4. The van der Waals surface area contributed by atoms with Gasteiger partial charge >= 0.3 is 0 Å². The van der Waals surface area contributed by atoms with Crippen LogP contribution in [0.15, 0.2) is 30.3 Å². The van der Waals surface area contributed by atoms with Gasteiger partial charge in [0.15, 0.2) is 11.5 Å². The number of benzene rings is 2. The SMILES string of the molecule is NC(=O)c1ccc(N2CCCC2)c(NC(=O)Cc2cc(Cl)c3c(c2)OCCO3)c1. The van der Waals surface area contributed by atoms with Gasteiger partial charge in [-0.1, -0.05) is 11.6 Å². The maximum Gasteiger partial charge on any atom is 0.248 e. The van der Waals surface area contributed by atoms with Crippen LogP contribution in [0.4, 0.5) is 11.4 Å². The number of rotatable bonds is 5. The highest BCUT2D eigenvalue weighted by Gasteiger charge is 2.20. The fourth-order valence-electron chi connectivity index (χ4n) is 3.67. The lowest BCUT2D eigenvalue weighted by molar-refractivity contribution is -0.115. The van der Waals surface area contributed by atoms with E-state index in [1.807, 2.05) is 6.07 Å². The van der Waals surface area contributed by atoms with Crippen molar-refractivity contribution in [1.82, 2.24) is 0 Å². The van der Waals surface area contributed by atoms with E-state index in [9.17, 15) is 9.59 Å². The van der Waals surface area contributed by atoms with Gasteiger partial charge in [0.1, 0.15) is 13.2 Å². The molecular weight excluding hydrogens is 394 g/mol. The Bertz CT molecular complexity index is 957. The van der Waals surface area contributed by atoms with Gasteiger partial charge in [0, 0.05) is 18.7 Å². The zero-order chi connectivity index (χ0) is 20.4. The third kappa shape index (κ3) is 4.24. The number of fused-ring (bicyclic) bond motifs is 1. The summed E-state index contributed by atoms with van der Waals surface area (Å²) in [6.07, 6.45) is 2.30. The summed E-state index contributed by atoms with van der Waals surface area (Å²) in [5.74, 6) is 0.291. The highest BCUT2D eigenvalue weighted by atomic mass is 35.5. The van der Waals surface area contributed by atoms with Crippen molar-refractivity contribution >= 4 is 34.8 Å². The summed E-state index contributed by atoms with van der Waals surface area (Å²) >= 11 is 6.26. The first-order valence-electron chi connectivity index (χ1n) is 9.58. The van der Waals surface area contributed by atoms with E-state index in [-0.39, 0.29) is 12.3 Å². The molecule has 0 aliphatic carbocycles. The Balaban J connectivity index is 1.55. The first-order chi connectivity index (χ1) is 14.0. The molecule has 2 aromatic carbocycles. The van der Waals surface area contributed by atoms with Crippen molar-refractivity contribution in [2.75, 3.05) is 36.5 Å². The Hall–Kier alpha value is -2.93. The Labute approximate surface area is 173 Å². The second kappa shape index (κ2) is 8.21. The van der Waals surface area contributed by atoms with Crippen LogP contribution in [0.3, 0.4) is 0 Å². The first-order valence-corrected chi connectivity index (χ1v) is 9.96. The van der Waals surface area contributed by atoms with Crippen molar-refractivity contribution in [3.8, 4) is 11.5 Å². The molecule has 1 saturated heterocycles. The van der Waals surface area contributed by atoms with Crippen LogP contribution in [0.2, 0.25) is 5.02 Å². The molecule has 2 aliphatic rings. The molecule has 2 aliphatic heterocycles. The Kier molecular flexibility index (Phi) is 5.49. The molecule has 4 rings (SSSR count). The number of carbonyl (C=O) groups is 2.